The van der Waals surface area contributed by atoms with E-state index in [2.05, 4.69) is 62.0 Å². The Kier molecular flexibility index (Phi) is 27.4. The van der Waals surface area contributed by atoms with E-state index in [-0.39, 0.29) is 107 Å². The second kappa shape index (κ2) is 35.2. The molecule has 4 atom stereocenters. The van der Waals surface area contributed by atoms with Crippen molar-refractivity contribution in [3.05, 3.63) is 153 Å². The lowest BCUT2D eigenvalue weighted by Gasteiger charge is -2.29. The van der Waals surface area contributed by atoms with Crippen molar-refractivity contribution in [1.29, 1.82) is 0 Å². The molecular weight excluding hydrogens is 1510 g/mol. The number of thioether (sulfide) groups is 2. The summed E-state index contributed by atoms with van der Waals surface area (Å²) in [6.45, 7) is 6.64. The zero-order valence-electron chi connectivity index (χ0n) is 54.2. The molecule has 4 saturated heterocycles. The topological polar surface area (TPSA) is 373 Å². The number of esters is 1. The third-order valence-electron chi connectivity index (χ3n) is 16.3. The number of halogens is 4. The lowest BCUT2D eigenvalue weighted by molar-refractivity contribution is -0.151. The van der Waals surface area contributed by atoms with Crippen LogP contribution in [0.1, 0.15) is 146 Å². The smallest absolute Gasteiger partial charge is 0.481 e. The van der Waals surface area contributed by atoms with Gasteiger partial charge >= 0.3 is 23.3 Å². The summed E-state index contributed by atoms with van der Waals surface area (Å²) in [6, 6.07) is 28.2. The fourth-order valence-corrected chi connectivity index (χ4v) is 13.9. The van der Waals surface area contributed by atoms with Crippen LogP contribution >= 0.6 is 82.2 Å². The van der Waals surface area contributed by atoms with Crippen LogP contribution in [0.4, 0.5) is 5.69 Å². The number of piperidine rings is 4. The molecule has 8 aliphatic rings. The van der Waals surface area contributed by atoms with Gasteiger partial charge in [0.2, 0.25) is 47.3 Å². The maximum absolute atomic E-state index is 12.8. The van der Waals surface area contributed by atoms with Crippen LogP contribution in [0, 0.1) is 0 Å². The van der Waals surface area contributed by atoms with Gasteiger partial charge in [0.25, 0.3) is 29.5 Å². The van der Waals surface area contributed by atoms with Crippen LogP contribution in [-0.2, 0) is 78.1 Å². The molecule has 13 amide bonds. The second-order valence-corrected chi connectivity index (χ2v) is 33.7. The summed E-state index contributed by atoms with van der Waals surface area (Å²) >= 11 is 8.24. The molecule has 4 fully saturated rings. The third kappa shape index (κ3) is 20.0. The molecule has 0 spiro atoms. The number of benzene rings is 5. The molecule has 13 rings (SSSR count). The first-order valence-corrected chi connectivity index (χ1v) is 40.0. The first-order chi connectivity index (χ1) is 47.9. The van der Waals surface area contributed by atoms with Crippen molar-refractivity contribution in [2.24, 2.45) is 0 Å². The van der Waals surface area contributed by atoms with Crippen LogP contribution in [0.15, 0.2) is 118 Å². The number of hydrogen-bond donors (Lipinski definition) is 7. The van der Waals surface area contributed by atoms with Gasteiger partial charge in [0, 0.05) is 93.7 Å². The van der Waals surface area contributed by atoms with Gasteiger partial charge in [0.15, 0.2) is 0 Å². The number of nitrogen functional groups attached to an aromatic ring is 1. The summed E-state index contributed by atoms with van der Waals surface area (Å²) in [5.41, 5.74) is 11.9. The predicted molar refractivity (Wildman–Crippen MR) is 380 cm³/mol. The summed E-state index contributed by atoms with van der Waals surface area (Å²) in [5.74, 6) is -5.56. The minimum absolute atomic E-state index is 0.0461. The van der Waals surface area contributed by atoms with E-state index < -0.39 is 77.0 Å². The Morgan fingerprint density at radius 3 is 1.38 bits per heavy atom. The number of carboxylic acids is 1. The zero-order chi connectivity index (χ0) is 73.7. The molecule has 0 saturated carbocycles. The van der Waals surface area contributed by atoms with Crippen LogP contribution in [0.3, 0.4) is 0 Å². The van der Waals surface area contributed by atoms with E-state index in [0.717, 1.165) is 48.9 Å². The van der Waals surface area contributed by atoms with Crippen molar-refractivity contribution in [1.82, 2.24) is 40.9 Å². The highest BCUT2D eigenvalue weighted by Gasteiger charge is 2.47. The van der Waals surface area contributed by atoms with E-state index in [9.17, 15) is 71.9 Å². The summed E-state index contributed by atoms with van der Waals surface area (Å²) in [6.07, 6.45) is 2.05. The third-order valence-corrected chi connectivity index (χ3v) is 19.4. The molecule has 0 aromatic heterocycles. The van der Waals surface area contributed by atoms with Crippen molar-refractivity contribution in [3.63, 3.8) is 0 Å². The van der Waals surface area contributed by atoms with Gasteiger partial charge < -0.3 is 30.3 Å². The Bertz CT molecular complexity index is 4080. The molecule has 8 heterocycles. The Hall–Kier alpha value is -8.12. The average Bonchev–Trinajstić information content (AvgIpc) is 1.63. The van der Waals surface area contributed by atoms with Gasteiger partial charge in [-0.3, -0.25) is 98.1 Å². The van der Waals surface area contributed by atoms with Crippen molar-refractivity contribution >= 4 is 188 Å². The number of carboxylic acid groups (broad SMARTS) is 1. The minimum Gasteiger partial charge on any atom is -0.481 e. The number of hydrogen-bond acceptors (Lipinski definition) is 20. The van der Waals surface area contributed by atoms with Crippen molar-refractivity contribution in [2.45, 2.75) is 142 Å². The molecule has 5 aromatic rings. The molecule has 7 N–H and O–H groups in total. The molecule has 26 nitrogen and oxygen atoms in total. The summed E-state index contributed by atoms with van der Waals surface area (Å²) in [5, 5.41) is 18.1. The molecular formula is C67H66AlBrCl3N9O17S3. The highest BCUT2D eigenvalue weighted by molar-refractivity contribution is 9.09. The number of amides is 13. The number of aliphatic carboxylic acids is 1. The number of thiol groups is 1. The van der Waals surface area contributed by atoms with Gasteiger partial charge in [-0.1, -0.05) is 70.5 Å². The zero-order valence-corrected chi connectivity index (χ0v) is 61.8. The first-order valence-electron chi connectivity index (χ1n) is 31.2. The van der Waals surface area contributed by atoms with Crippen LogP contribution in [0.2, 0.25) is 0 Å². The number of rotatable bonds is 11. The van der Waals surface area contributed by atoms with Crippen molar-refractivity contribution in [3.8, 4) is 0 Å². The molecule has 4 unspecified atom stereocenters. The lowest BCUT2D eigenvalue weighted by atomic mass is 10.0. The molecule has 0 bridgehead atoms. The number of nitrogens with zero attached hydrogens (tertiary/aromatic N) is 4. The summed E-state index contributed by atoms with van der Waals surface area (Å²) in [4.78, 5) is 184. The monoisotopic (exact) mass is 1580 g/mol. The van der Waals surface area contributed by atoms with Crippen molar-refractivity contribution < 1.29 is 81.8 Å². The Morgan fingerprint density at radius 1 is 0.545 bits per heavy atom. The van der Waals surface area contributed by atoms with E-state index in [1.165, 1.54) is 21.4 Å². The SMILES string of the molecule is CC(C)(C)OC(=O)CBr.Nc1cccc2c1CN(C1CCC(=O)NC1=O)C2=O.O=C(O)CSc1cccc2c1C(=O)N(C1CCC(=O)NC1=O)C2=O.O=C1CCC(N2Cc3c(S)cccc3C2=O)C(=O)N1.O=C1CCC(N2Cc3c(SCc4ccccc4)cccc3C2=O)C(=O)N1.[Cl][Al]([Cl])[Cl]. The molecule has 101 heavy (non-hydrogen) atoms. The standard InChI is InChI=1S/C20H18N2O3S.C15H12N2O6S.C13H13N3O3.C13H12N2O3S.C6H11BrO2.Al.3ClH/c23-18-10-9-16(19(24)21-18)22-11-15-14(20(22)25)7-4-8-17(15)26-12-13-5-2-1-3-6-13;18-10-5-4-8(13(21)16-10)17-14(22)7-2-1-3-9(12(7)15(17)23)24-6-11(19)20;14-9-3-1-2-7-8(9)6-16(13(7)19)10-4-5-11(17)15-12(10)18;16-11-5-4-9(12(17)14-11)15-6-8-7(13(15)18)2-1-3-10(8)19;1-6(2,3)9-5(8)4-7;;;;/h1-8,16H,9-12H2,(H,21,23,24);1-3,8H,4-6H2,(H,19,20)(H,16,18,21);1-3,10H,4-6,14H2,(H,15,17,18);1-3,9,19H,4-6H2,(H,14,16,17);4H2,1-3H3;;3*1H/q;;;;;+3;;;/p-3. The number of fused-ring (bicyclic) bond motifs is 4. The molecule has 34 heteroatoms. The molecule has 0 radical (unpaired) electrons. The van der Waals surface area contributed by atoms with E-state index in [0.29, 0.717) is 66.2 Å². The Labute approximate surface area is 618 Å². The lowest BCUT2D eigenvalue weighted by Crippen LogP contribution is -2.54. The number of nitrogens with one attached hydrogen (secondary N) is 4. The highest BCUT2D eigenvalue weighted by Crippen LogP contribution is 2.38. The maximum atomic E-state index is 12.8. The van der Waals surface area contributed by atoms with E-state index in [1.807, 2.05) is 63.2 Å². The highest BCUT2D eigenvalue weighted by atomic mass is 79.9. The number of nitrogens with two attached hydrogens (primary N) is 1. The first kappa shape index (κ1) is 78.6. The number of imide groups is 5. The van der Waals surface area contributed by atoms with Gasteiger partial charge in [-0.05, 0) is 112 Å². The van der Waals surface area contributed by atoms with Gasteiger partial charge in [-0.2, -0.15) is 0 Å². The molecule has 8 aliphatic heterocycles. The van der Waals surface area contributed by atoms with E-state index in [4.69, 9.17) is 45.7 Å². The van der Waals surface area contributed by atoms with Crippen LogP contribution in [0.25, 0.3) is 0 Å². The number of carbonyl (C=O) groups excluding carboxylic acids is 14. The largest absolute Gasteiger partial charge is 0.643 e. The predicted octanol–water partition coefficient (Wildman–Crippen LogP) is 7.18. The van der Waals surface area contributed by atoms with Gasteiger partial charge in [0.05, 0.1) is 16.9 Å². The molecule has 530 valence electrons. The summed E-state index contributed by atoms with van der Waals surface area (Å²) in [7, 11) is 14.8. The number of carbonyl (C=O) groups is 15. The van der Waals surface area contributed by atoms with E-state index in [1.54, 1.807) is 59.1 Å². The minimum atomic E-state index is -1.72. The normalized spacial score (nSPS) is 19.5. The maximum Gasteiger partial charge on any atom is 0.643 e. The molecule has 0 aliphatic carbocycles. The van der Waals surface area contributed by atoms with E-state index >= 15 is 0 Å². The van der Waals surface area contributed by atoms with Crippen LogP contribution < -0.4 is 27.0 Å². The molecule has 5 aromatic carbocycles. The fraction of sp³-hybridized carbons (Fsp3) is 0.328. The fourth-order valence-electron chi connectivity index (χ4n) is 11.7. The summed E-state index contributed by atoms with van der Waals surface area (Å²) < 4.78 is 4.90. The van der Waals surface area contributed by atoms with Crippen LogP contribution in [0.5, 0.6) is 0 Å². The van der Waals surface area contributed by atoms with Gasteiger partial charge in [-0.15, -0.1) is 36.2 Å². The number of ether oxygens (including phenoxy) is 1. The second-order valence-electron chi connectivity index (χ2n) is 24.2. The van der Waals surface area contributed by atoms with Gasteiger partial charge in [-0.25, -0.2) is 30.1 Å². The Morgan fingerprint density at radius 2 is 0.950 bits per heavy atom. The number of anilines is 1. The van der Waals surface area contributed by atoms with Gasteiger partial charge in [0.1, 0.15) is 35.1 Å². The van der Waals surface area contributed by atoms with Crippen LogP contribution in [-0.4, -0.2) is 166 Å². The quantitative estimate of drug-likeness (QED) is 0.0131. The Balaban J connectivity index is 0.000000163. The average molecular weight is 1580 g/mol. The number of alkyl halides is 1. The van der Waals surface area contributed by atoms with Crippen molar-refractivity contribution in [2.75, 3.05) is 16.8 Å².